The van der Waals surface area contributed by atoms with E-state index in [9.17, 15) is 4.79 Å². The van der Waals surface area contributed by atoms with Gasteiger partial charge in [-0.05, 0) is 55.7 Å². The van der Waals surface area contributed by atoms with E-state index in [-0.39, 0.29) is 5.91 Å². The molecule has 0 atom stereocenters. The predicted octanol–water partition coefficient (Wildman–Crippen LogP) is 3.04. The van der Waals surface area contributed by atoms with E-state index in [1.165, 1.54) is 49.7 Å². The molecular weight excluding hydrogens is 248 g/mol. The van der Waals surface area contributed by atoms with Gasteiger partial charge < -0.3 is 10.6 Å². The van der Waals surface area contributed by atoms with Gasteiger partial charge >= 0.3 is 0 Å². The van der Waals surface area contributed by atoms with E-state index in [0.29, 0.717) is 0 Å². The quantitative estimate of drug-likeness (QED) is 0.899. The zero-order chi connectivity index (χ0) is 13.9. The lowest BCUT2D eigenvalue weighted by atomic mass is 9.87. The van der Waals surface area contributed by atoms with Crippen molar-refractivity contribution in [3.8, 4) is 0 Å². The van der Waals surface area contributed by atoms with Crippen LogP contribution >= 0.6 is 0 Å². The van der Waals surface area contributed by atoms with Crippen LogP contribution in [0.1, 0.15) is 60.0 Å². The lowest BCUT2D eigenvalue weighted by molar-refractivity contribution is 0.0999. The van der Waals surface area contributed by atoms with E-state index in [1.54, 1.807) is 0 Å². The Morgan fingerprint density at radius 1 is 0.950 bits per heavy atom. The molecule has 1 aromatic rings. The van der Waals surface area contributed by atoms with Crippen molar-refractivity contribution in [1.82, 2.24) is 0 Å². The fourth-order valence-corrected chi connectivity index (χ4v) is 3.67. The number of hydrogen-bond acceptors (Lipinski definition) is 2. The second-order valence-corrected chi connectivity index (χ2v) is 6.07. The number of benzene rings is 1. The maximum absolute atomic E-state index is 12.0. The van der Waals surface area contributed by atoms with Gasteiger partial charge in [-0.2, -0.15) is 0 Å². The molecule has 1 heterocycles. The first kappa shape index (κ1) is 13.5. The Labute approximate surface area is 121 Å². The molecule has 3 heteroatoms. The summed E-state index contributed by atoms with van der Waals surface area (Å²) < 4.78 is 0. The van der Waals surface area contributed by atoms with Crippen LogP contribution in [0.5, 0.6) is 0 Å². The number of nitrogens with two attached hydrogens (primary N) is 1. The van der Waals surface area contributed by atoms with Crippen molar-refractivity contribution < 1.29 is 4.79 Å². The highest BCUT2D eigenvalue weighted by molar-refractivity contribution is 6.00. The van der Waals surface area contributed by atoms with Gasteiger partial charge in [0.25, 0.3) is 5.91 Å². The highest BCUT2D eigenvalue weighted by Crippen LogP contribution is 2.32. The monoisotopic (exact) mass is 272 g/mol. The molecule has 20 heavy (non-hydrogen) atoms. The van der Waals surface area contributed by atoms with E-state index in [0.717, 1.165) is 37.2 Å². The molecule has 1 amide bonds. The molecule has 2 N–H and O–H groups in total. The zero-order valence-corrected chi connectivity index (χ0v) is 12.2. The summed E-state index contributed by atoms with van der Waals surface area (Å²) in [5, 5.41) is 0. The molecule has 0 bridgehead atoms. The highest BCUT2D eigenvalue weighted by atomic mass is 16.1. The average molecular weight is 272 g/mol. The van der Waals surface area contributed by atoms with Crippen LogP contribution in [0.4, 0.5) is 5.69 Å². The Morgan fingerprint density at radius 3 is 2.35 bits per heavy atom. The van der Waals surface area contributed by atoms with Crippen molar-refractivity contribution in [3.63, 3.8) is 0 Å². The summed E-state index contributed by atoms with van der Waals surface area (Å²) in [6.07, 6.45) is 9.54. The number of carbonyl (C=O) groups excluding carboxylic acids is 1. The maximum Gasteiger partial charge on any atom is 0.251 e. The first-order valence-electron chi connectivity index (χ1n) is 7.97. The molecule has 1 aliphatic heterocycles. The Balaban J connectivity index is 2.03. The van der Waals surface area contributed by atoms with Crippen LogP contribution in [0, 0.1) is 0 Å². The minimum atomic E-state index is -0.247. The fraction of sp³-hybridized carbons (Fsp3) is 0.588. The number of fused-ring (bicyclic) bond motifs is 1. The third-order valence-corrected chi connectivity index (χ3v) is 4.70. The summed E-state index contributed by atoms with van der Waals surface area (Å²) in [7, 11) is 0. The minimum Gasteiger partial charge on any atom is -0.371 e. The van der Waals surface area contributed by atoms with Gasteiger partial charge in [-0.1, -0.05) is 18.9 Å². The number of hydrogen-bond donors (Lipinski definition) is 1. The zero-order valence-electron chi connectivity index (χ0n) is 12.2. The van der Waals surface area contributed by atoms with Crippen LogP contribution in [0.2, 0.25) is 0 Å². The Bertz CT molecular complexity index is 502. The van der Waals surface area contributed by atoms with Crippen molar-refractivity contribution in [1.29, 1.82) is 0 Å². The molecule has 1 fully saturated rings. The van der Waals surface area contributed by atoms with Crippen molar-refractivity contribution in [2.24, 2.45) is 5.73 Å². The van der Waals surface area contributed by atoms with Crippen LogP contribution < -0.4 is 10.6 Å². The smallest absolute Gasteiger partial charge is 0.251 e. The fourth-order valence-electron chi connectivity index (χ4n) is 3.67. The van der Waals surface area contributed by atoms with Crippen molar-refractivity contribution in [3.05, 3.63) is 28.8 Å². The van der Waals surface area contributed by atoms with Gasteiger partial charge in [-0.3, -0.25) is 4.79 Å². The van der Waals surface area contributed by atoms with Crippen molar-refractivity contribution in [2.45, 2.75) is 51.4 Å². The van der Waals surface area contributed by atoms with Crippen LogP contribution in [-0.2, 0) is 12.8 Å². The lowest BCUT2D eigenvalue weighted by Crippen LogP contribution is -2.29. The summed E-state index contributed by atoms with van der Waals surface area (Å²) in [4.78, 5) is 14.4. The number of rotatable bonds is 2. The van der Waals surface area contributed by atoms with Crippen LogP contribution in [0.3, 0.4) is 0 Å². The topological polar surface area (TPSA) is 46.3 Å². The molecular formula is C17H24N2O. The van der Waals surface area contributed by atoms with Crippen molar-refractivity contribution in [2.75, 3.05) is 18.0 Å². The standard InChI is InChI=1S/C17H24N2O/c18-17(20)16-14-8-4-3-7-13(14)9-10-15(16)19-11-5-1-2-6-12-19/h9-10H,1-8,11-12H2,(H2,18,20). The van der Waals surface area contributed by atoms with E-state index in [1.807, 2.05) is 0 Å². The first-order chi connectivity index (χ1) is 9.77. The molecule has 0 aromatic heterocycles. The molecule has 108 valence electrons. The summed E-state index contributed by atoms with van der Waals surface area (Å²) >= 11 is 0. The summed E-state index contributed by atoms with van der Waals surface area (Å²) in [5.41, 5.74) is 10.2. The van der Waals surface area contributed by atoms with Gasteiger partial charge in [0, 0.05) is 18.8 Å². The molecule has 3 rings (SSSR count). The minimum absolute atomic E-state index is 0.247. The van der Waals surface area contributed by atoms with Gasteiger partial charge in [-0.25, -0.2) is 0 Å². The predicted molar refractivity (Wildman–Crippen MR) is 82.3 cm³/mol. The van der Waals surface area contributed by atoms with Crippen LogP contribution in [-0.4, -0.2) is 19.0 Å². The molecule has 2 aliphatic rings. The average Bonchev–Trinajstić information content (AvgIpc) is 2.74. The molecule has 3 nitrogen and oxygen atoms in total. The molecule has 1 saturated heterocycles. The van der Waals surface area contributed by atoms with Gasteiger partial charge in [0.1, 0.15) is 0 Å². The highest BCUT2D eigenvalue weighted by Gasteiger charge is 2.23. The van der Waals surface area contributed by atoms with Gasteiger partial charge in [0.2, 0.25) is 0 Å². The lowest BCUT2D eigenvalue weighted by Gasteiger charge is -2.28. The second-order valence-electron chi connectivity index (χ2n) is 6.07. The third-order valence-electron chi connectivity index (χ3n) is 4.70. The van der Waals surface area contributed by atoms with Crippen LogP contribution in [0.25, 0.3) is 0 Å². The molecule has 0 spiro atoms. The summed E-state index contributed by atoms with van der Waals surface area (Å²) in [5.74, 6) is -0.247. The number of carbonyl (C=O) groups is 1. The van der Waals surface area contributed by atoms with E-state index in [4.69, 9.17) is 5.73 Å². The Morgan fingerprint density at radius 2 is 1.65 bits per heavy atom. The van der Waals surface area contributed by atoms with Gasteiger partial charge in [-0.15, -0.1) is 0 Å². The maximum atomic E-state index is 12.0. The molecule has 0 unspecified atom stereocenters. The molecule has 1 aromatic carbocycles. The number of primary amides is 1. The second kappa shape index (κ2) is 5.86. The molecule has 1 aliphatic carbocycles. The normalized spacial score (nSPS) is 19.3. The number of aryl methyl sites for hydroxylation is 1. The van der Waals surface area contributed by atoms with Gasteiger partial charge in [0.15, 0.2) is 0 Å². The number of anilines is 1. The Hall–Kier alpha value is -1.51. The largest absolute Gasteiger partial charge is 0.371 e. The van der Waals surface area contributed by atoms with E-state index in [2.05, 4.69) is 17.0 Å². The molecule has 0 saturated carbocycles. The number of amides is 1. The van der Waals surface area contributed by atoms with Crippen molar-refractivity contribution >= 4 is 11.6 Å². The molecule has 0 radical (unpaired) electrons. The van der Waals surface area contributed by atoms with Gasteiger partial charge in [0.05, 0.1) is 5.56 Å². The van der Waals surface area contributed by atoms with Crippen LogP contribution in [0.15, 0.2) is 12.1 Å². The van der Waals surface area contributed by atoms with E-state index >= 15 is 0 Å². The van der Waals surface area contributed by atoms with E-state index < -0.39 is 0 Å². The summed E-state index contributed by atoms with van der Waals surface area (Å²) in [6, 6.07) is 4.36. The summed E-state index contributed by atoms with van der Waals surface area (Å²) in [6.45, 7) is 2.11. The Kier molecular flexibility index (Phi) is 3.95. The SMILES string of the molecule is NC(=O)c1c(N2CCCCCC2)ccc2c1CCCC2. The third kappa shape index (κ3) is 2.54. The first-order valence-corrected chi connectivity index (χ1v) is 7.97. The number of nitrogens with zero attached hydrogens (tertiary/aromatic N) is 1.